The minimum Gasteiger partial charge on any atom is -0.461 e. The van der Waals surface area contributed by atoms with Crippen LogP contribution in [0.3, 0.4) is 0 Å². The summed E-state index contributed by atoms with van der Waals surface area (Å²) in [5.41, 5.74) is 33.6. The lowest BCUT2D eigenvalue weighted by Crippen LogP contribution is -1.82. The van der Waals surface area contributed by atoms with E-state index in [-0.39, 0.29) is 0 Å². The topological polar surface area (TPSA) is 26.0 Å². The summed E-state index contributed by atoms with van der Waals surface area (Å²) in [7, 11) is 0. The molecule has 0 spiro atoms. The molecule has 0 saturated heterocycles. The zero-order valence-corrected chi connectivity index (χ0v) is 68.6. The Morgan fingerprint density at radius 2 is 0.523 bits per heavy atom. The number of rotatable bonds is 3. The molecule has 0 bridgehead atoms. The SMILES string of the molecule is Cc1ccc(-c2ccc(C)cc2)cc1.Cc1ccc(-c2cccc(C)c2)cc1.Cc1ccc(-c2ccccc2C)cc1.Cc1ccc(C)c2ccccc12.Cc1ccc(C)cc1.Cc1ccc(C)nc1.Cc1ccc2cc(C)ccc2c1.Cc1ccc2oc(C)cc2c1.Cc1cccc(C)c1.Cc1ccccc1C. The van der Waals surface area contributed by atoms with E-state index in [9.17, 15) is 0 Å². The van der Waals surface area contributed by atoms with Crippen LogP contribution in [0.15, 0.2) is 338 Å². The van der Waals surface area contributed by atoms with Crippen molar-refractivity contribution < 1.29 is 4.42 Å². The molecule has 16 rings (SSSR count). The second-order valence-electron chi connectivity index (χ2n) is 29.0. The summed E-state index contributed by atoms with van der Waals surface area (Å²) in [6.07, 6.45) is 1.87. The van der Waals surface area contributed by atoms with Gasteiger partial charge >= 0.3 is 0 Å². The third kappa shape index (κ3) is 29.9. The maximum atomic E-state index is 5.42. The predicted molar refractivity (Wildman–Crippen MR) is 478 cm³/mol. The molecule has 2 nitrogen and oxygen atoms in total. The van der Waals surface area contributed by atoms with Gasteiger partial charge in [-0.2, -0.15) is 0 Å². The van der Waals surface area contributed by atoms with E-state index < -0.39 is 0 Å². The number of hydrogen-bond donors (Lipinski definition) is 0. The van der Waals surface area contributed by atoms with Gasteiger partial charge < -0.3 is 4.42 Å². The van der Waals surface area contributed by atoms with Crippen LogP contribution in [0.4, 0.5) is 0 Å². The van der Waals surface area contributed by atoms with Crippen molar-refractivity contribution in [2.75, 3.05) is 0 Å². The third-order valence-electron chi connectivity index (χ3n) is 18.5. The normalized spacial score (nSPS) is 10.0. The number of aryl methyl sites for hydroxylation is 20. The van der Waals surface area contributed by atoms with Crippen LogP contribution in [0.1, 0.15) is 112 Å². The van der Waals surface area contributed by atoms with E-state index in [0.29, 0.717) is 0 Å². The fourth-order valence-electron chi connectivity index (χ4n) is 11.7. The van der Waals surface area contributed by atoms with Gasteiger partial charge in [-0.1, -0.05) is 370 Å². The molecule has 14 aromatic carbocycles. The van der Waals surface area contributed by atoms with Gasteiger partial charge in [0.05, 0.1) is 0 Å². The van der Waals surface area contributed by atoms with Crippen molar-refractivity contribution >= 4 is 32.5 Å². The second kappa shape index (κ2) is 43.8. The van der Waals surface area contributed by atoms with Crippen molar-refractivity contribution in [3.63, 3.8) is 0 Å². The molecule has 0 amide bonds. The zero-order chi connectivity index (χ0) is 78.8. The molecule has 0 aliphatic carbocycles. The molecule has 0 fully saturated rings. The third-order valence-corrected chi connectivity index (χ3v) is 18.5. The van der Waals surface area contributed by atoms with E-state index in [1.54, 1.807) is 0 Å². The van der Waals surface area contributed by atoms with Gasteiger partial charge in [0.25, 0.3) is 0 Å². The number of furan rings is 1. The van der Waals surface area contributed by atoms with Crippen molar-refractivity contribution in [3.8, 4) is 33.4 Å². The Morgan fingerprint density at radius 1 is 0.193 bits per heavy atom. The van der Waals surface area contributed by atoms with E-state index >= 15 is 0 Å². The Labute approximate surface area is 655 Å². The van der Waals surface area contributed by atoms with Crippen molar-refractivity contribution in [1.82, 2.24) is 4.98 Å². The minimum absolute atomic E-state index is 0.977. The van der Waals surface area contributed by atoms with Crippen LogP contribution >= 0.6 is 0 Å². The summed E-state index contributed by atoms with van der Waals surface area (Å²) >= 11 is 0. The van der Waals surface area contributed by atoms with Crippen molar-refractivity contribution in [2.24, 2.45) is 0 Å². The standard InChI is InChI=1S/3C14H14.2C12H12.C10H10O.3C8H10.C7H9N/c1-11-3-7-13(8-4-11)14-9-5-12(2)6-10-14;1-11-6-8-13(9-7-11)14-5-3-4-12(2)10-14;1-11-7-9-13(10-8-11)14-6-4-3-5-12(14)2;1-9-3-5-12-8-10(2)4-6-11(12)7-9;1-9-7-8-10(2)12-6-4-3-5-11(9)12;1-7-3-4-10-9(5-7)6-8(2)11-10;1-7-3-5-8(2)6-4-7;1-7-4-3-5-8(2)6-7;1-7-5-3-4-6-8(7)2;1-6-3-4-7(2)8-5-6/h3*3-10H,1-2H3;2*3-8H,1-2H3;3-6H,1-2H3;3*3-6H,1-2H3;3-5H,1-2H3. The number of nitrogens with zero attached hydrogens (tertiary/aromatic N) is 1. The average Bonchev–Trinajstić information content (AvgIpc) is 1.22. The Kier molecular flexibility index (Phi) is 34.0. The lowest BCUT2D eigenvalue weighted by atomic mass is 10.00. The highest BCUT2D eigenvalue weighted by Crippen LogP contribution is 2.26. The molecule has 0 aliphatic rings. The molecule has 0 unspecified atom stereocenters. The maximum absolute atomic E-state index is 5.42. The molecule has 109 heavy (non-hydrogen) atoms. The van der Waals surface area contributed by atoms with Gasteiger partial charge in [-0.05, 0) is 251 Å². The highest BCUT2D eigenvalue weighted by Gasteiger charge is 2.03. The summed E-state index contributed by atoms with van der Waals surface area (Å²) in [6, 6.07) is 115. The summed E-state index contributed by atoms with van der Waals surface area (Å²) in [6.45, 7) is 42.0. The highest BCUT2D eigenvalue weighted by atomic mass is 16.3. The van der Waals surface area contributed by atoms with Gasteiger partial charge in [-0.25, -0.2) is 0 Å². The lowest BCUT2D eigenvalue weighted by molar-refractivity contribution is 0.578. The Balaban J connectivity index is 0.000000170. The average molecular weight is 1430 g/mol. The second-order valence-corrected chi connectivity index (χ2v) is 29.0. The molecule has 0 aliphatic heterocycles. The monoisotopic (exact) mass is 1430 g/mol. The van der Waals surface area contributed by atoms with Crippen LogP contribution in [0.2, 0.25) is 0 Å². The molecule has 0 radical (unpaired) electrons. The zero-order valence-electron chi connectivity index (χ0n) is 68.6. The highest BCUT2D eigenvalue weighted by molar-refractivity contribution is 5.88. The molecular formula is C107H115NO. The van der Waals surface area contributed by atoms with Crippen LogP contribution in [0, 0.1) is 138 Å². The summed E-state index contributed by atoms with van der Waals surface area (Å²) in [5, 5.41) is 6.61. The summed E-state index contributed by atoms with van der Waals surface area (Å²) in [4.78, 5) is 4.08. The van der Waals surface area contributed by atoms with E-state index in [0.717, 1.165) is 17.0 Å². The van der Waals surface area contributed by atoms with Crippen LogP contribution in [-0.2, 0) is 0 Å². The Hall–Kier alpha value is -11.7. The molecule has 0 N–H and O–H groups in total. The quantitative estimate of drug-likeness (QED) is 0.176. The fourth-order valence-corrected chi connectivity index (χ4v) is 11.7. The van der Waals surface area contributed by atoms with Gasteiger partial charge in [-0.3, -0.25) is 4.98 Å². The first-order valence-corrected chi connectivity index (χ1v) is 38.0. The summed E-state index contributed by atoms with van der Waals surface area (Å²) < 4.78 is 5.42. The van der Waals surface area contributed by atoms with Gasteiger partial charge in [0.15, 0.2) is 0 Å². The molecule has 0 saturated carbocycles. The van der Waals surface area contributed by atoms with E-state index in [4.69, 9.17) is 4.42 Å². The van der Waals surface area contributed by atoms with Crippen molar-refractivity contribution in [2.45, 2.75) is 138 Å². The van der Waals surface area contributed by atoms with Gasteiger partial charge in [0, 0.05) is 17.3 Å². The van der Waals surface area contributed by atoms with Gasteiger partial charge in [0.1, 0.15) is 11.3 Å². The molecule has 16 aromatic rings. The number of fused-ring (bicyclic) bond motifs is 3. The van der Waals surface area contributed by atoms with Crippen molar-refractivity contribution in [1.29, 1.82) is 0 Å². The molecule has 2 heterocycles. The largest absolute Gasteiger partial charge is 0.461 e. The Morgan fingerprint density at radius 3 is 0.899 bits per heavy atom. The smallest absolute Gasteiger partial charge is 0.134 e. The number of pyridine rings is 1. The van der Waals surface area contributed by atoms with E-state index in [1.807, 2.05) is 39.1 Å². The fraction of sp³-hybridized carbons (Fsp3) is 0.187. The van der Waals surface area contributed by atoms with Gasteiger partial charge in [0.2, 0.25) is 0 Å². The molecule has 2 heteroatoms. The summed E-state index contributed by atoms with van der Waals surface area (Å²) in [5.74, 6) is 0.977. The Bertz CT molecular complexity index is 5110. The molecule has 0 atom stereocenters. The van der Waals surface area contributed by atoms with Crippen LogP contribution in [-0.4, -0.2) is 4.98 Å². The number of aromatic nitrogens is 1. The van der Waals surface area contributed by atoms with Gasteiger partial charge in [-0.15, -0.1) is 0 Å². The van der Waals surface area contributed by atoms with E-state index in [2.05, 4.69) is 438 Å². The van der Waals surface area contributed by atoms with Crippen LogP contribution in [0.25, 0.3) is 65.9 Å². The molecule has 2 aromatic heterocycles. The minimum atomic E-state index is 0.977. The first kappa shape index (κ1) is 84.6. The predicted octanol–water partition coefficient (Wildman–Crippen LogP) is 30.5. The number of benzene rings is 14. The molecule has 554 valence electrons. The van der Waals surface area contributed by atoms with E-state index in [1.165, 1.54) is 160 Å². The molecular weight excluding hydrogens is 1320 g/mol. The first-order chi connectivity index (χ1) is 52.2. The lowest BCUT2D eigenvalue weighted by Gasteiger charge is -2.05. The van der Waals surface area contributed by atoms with Crippen molar-refractivity contribution in [3.05, 3.63) is 445 Å². The van der Waals surface area contributed by atoms with Crippen LogP contribution < -0.4 is 0 Å². The number of hydrogen-bond acceptors (Lipinski definition) is 2. The van der Waals surface area contributed by atoms with Crippen LogP contribution in [0.5, 0.6) is 0 Å². The first-order valence-electron chi connectivity index (χ1n) is 38.0. The maximum Gasteiger partial charge on any atom is 0.134 e.